The molecule has 2 heterocycles. The van der Waals surface area contributed by atoms with Gasteiger partial charge in [-0.25, -0.2) is 8.42 Å². The lowest BCUT2D eigenvalue weighted by Crippen LogP contribution is -2.54. The van der Waals surface area contributed by atoms with Crippen molar-refractivity contribution in [1.29, 1.82) is 0 Å². The molecule has 2 aliphatic rings. The summed E-state index contributed by atoms with van der Waals surface area (Å²) >= 11 is 6.39. The molecule has 2 unspecified atom stereocenters. The van der Waals surface area contributed by atoms with Crippen LogP contribution in [0.5, 0.6) is 0 Å². The fourth-order valence-electron chi connectivity index (χ4n) is 5.15. The molecule has 0 saturated carbocycles. The SMILES string of the molecule is CS(=O)(=O)N1C2CCC1CN(Cc1ccc(-c3ccc(C(O)(C(F)(F)F)C(F)(F)F)cc3)c(Cl)c1)C2. The maximum absolute atomic E-state index is 13.1. The summed E-state index contributed by atoms with van der Waals surface area (Å²) < 4.78 is 104. The van der Waals surface area contributed by atoms with Crippen LogP contribution in [-0.2, 0) is 22.2 Å². The van der Waals surface area contributed by atoms with Crippen LogP contribution in [0.25, 0.3) is 11.1 Å². The maximum atomic E-state index is 13.1. The van der Waals surface area contributed by atoms with Gasteiger partial charge in [-0.2, -0.15) is 30.6 Å². The van der Waals surface area contributed by atoms with E-state index in [9.17, 15) is 39.9 Å². The Morgan fingerprint density at radius 3 is 1.92 bits per heavy atom. The first-order valence-electron chi connectivity index (χ1n) is 11.0. The molecule has 2 fully saturated rings. The predicted molar refractivity (Wildman–Crippen MR) is 122 cm³/mol. The molecule has 36 heavy (non-hydrogen) atoms. The molecule has 0 aromatic heterocycles. The number of hydrogen-bond donors (Lipinski definition) is 1. The van der Waals surface area contributed by atoms with E-state index in [1.807, 2.05) is 0 Å². The zero-order valence-corrected chi connectivity index (χ0v) is 20.5. The fourth-order valence-corrected chi connectivity index (χ4v) is 6.89. The van der Waals surface area contributed by atoms with Crippen LogP contribution >= 0.6 is 11.6 Å². The number of piperazine rings is 1. The smallest absolute Gasteiger partial charge is 0.369 e. The van der Waals surface area contributed by atoms with Crippen molar-refractivity contribution in [3.63, 3.8) is 0 Å². The normalized spacial score (nSPS) is 22.2. The molecule has 2 aromatic rings. The minimum absolute atomic E-state index is 0.0842. The first-order chi connectivity index (χ1) is 16.5. The lowest BCUT2D eigenvalue weighted by molar-refractivity contribution is -0.376. The molecule has 4 rings (SSSR count). The quantitative estimate of drug-likeness (QED) is 0.531. The number of sulfonamides is 1. The summed E-state index contributed by atoms with van der Waals surface area (Å²) in [5.41, 5.74) is -4.83. The Kier molecular flexibility index (Phi) is 6.91. The van der Waals surface area contributed by atoms with Gasteiger partial charge in [0.25, 0.3) is 5.60 Å². The highest BCUT2D eigenvalue weighted by Crippen LogP contribution is 2.50. The summed E-state index contributed by atoms with van der Waals surface area (Å²) in [5, 5.41) is 9.80. The number of benzene rings is 2. The zero-order chi connectivity index (χ0) is 26.7. The second-order valence-corrected chi connectivity index (χ2v) is 11.6. The molecule has 2 aromatic carbocycles. The summed E-state index contributed by atoms with van der Waals surface area (Å²) in [6, 6.07) is 8.11. The molecule has 1 N–H and O–H groups in total. The van der Waals surface area contributed by atoms with Crippen LogP contribution in [-0.4, -0.2) is 66.5 Å². The minimum atomic E-state index is -5.96. The van der Waals surface area contributed by atoms with Gasteiger partial charge in [-0.3, -0.25) is 4.90 Å². The number of halogens is 7. The molecule has 0 spiro atoms. The van der Waals surface area contributed by atoms with E-state index >= 15 is 0 Å². The van der Waals surface area contributed by atoms with E-state index in [1.54, 1.807) is 22.5 Å². The van der Waals surface area contributed by atoms with Crippen molar-refractivity contribution in [3.8, 4) is 11.1 Å². The number of nitrogens with zero attached hydrogens (tertiary/aromatic N) is 2. The summed E-state index contributed by atoms with van der Waals surface area (Å²) in [6.07, 6.45) is -9.12. The van der Waals surface area contributed by atoms with Gasteiger partial charge in [0.1, 0.15) is 0 Å². The third-order valence-electron chi connectivity index (χ3n) is 6.75. The number of alkyl halides is 6. The number of aliphatic hydroxyl groups is 1. The predicted octanol–water partition coefficient (Wildman–Crippen LogP) is 4.93. The highest BCUT2D eigenvalue weighted by atomic mass is 35.5. The van der Waals surface area contributed by atoms with E-state index in [2.05, 4.69) is 4.90 Å². The Hall–Kier alpha value is -1.86. The zero-order valence-electron chi connectivity index (χ0n) is 18.9. The van der Waals surface area contributed by atoms with E-state index in [4.69, 9.17) is 11.6 Å². The van der Waals surface area contributed by atoms with Gasteiger partial charge in [-0.1, -0.05) is 48.0 Å². The van der Waals surface area contributed by atoms with E-state index < -0.39 is 33.5 Å². The average Bonchev–Trinajstić information content (AvgIpc) is 3.04. The van der Waals surface area contributed by atoms with Gasteiger partial charge in [-0.05, 0) is 30.0 Å². The molecule has 2 aliphatic heterocycles. The summed E-state index contributed by atoms with van der Waals surface area (Å²) in [5.74, 6) is 0. The molecular weight excluding hydrogens is 534 g/mol. The topological polar surface area (TPSA) is 60.9 Å². The van der Waals surface area contributed by atoms with Crippen molar-refractivity contribution in [2.75, 3.05) is 19.3 Å². The third kappa shape index (κ3) is 4.85. The first kappa shape index (κ1) is 27.2. The molecule has 5 nitrogen and oxygen atoms in total. The van der Waals surface area contributed by atoms with Crippen LogP contribution in [0.4, 0.5) is 26.3 Å². The molecule has 2 bridgehead atoms. The van der Waals surface area contributed by atoms with Gasteiger partial charge < -0.3 is 5.11 Å². The van der Waals surface area contributed by atoms with Crippen LogP contribution in [0.3, 0.4) is 0 Å². The Bertz CT molecular complexity index is 1210. The third-order valence-corrected chi connectivity index (χ3v) is 8.42. The van der Waals surface area contributed by atoms with E-state index in [-0.39, 0.29) is 22.7 Å². The lowest BCUT2D eigenvalue weighted by atomic mass is 9.90. The molecule has 2 atom stereocenters. The Labute approximate surface area is 209 Å². The van der Waals surface area contributed by atoms with Crippen molar-refractivity contribution in [2.45, 2.75) is 49.4 Å². The molecule has 0 radical (unpaired) electrons. The monoisotopic (exact) mass is 556 g/mol. The second-order valence-electron chi connectivity index (χ2n) is 9.27. The molecule has 198 valence electrons. The molecule has 13 heteroatoms. The number of fused-ring (bicyclic) bond motifs is 2. The van der Waals surface area contributed by atoms with E-state index in [1.165, 1.54) is 6.26 Å². The van der Waals surface area contributed by atoms with E-state index in [0.717, 1.165) is 30.5 Å². The minimum Gasteiger partial charge on any atom is -0.369 e. The van der Waals surface area contributed by atoms with Crippen LogP contribution in [0.15, 0.2) is 42.5 Å². The Morgan fingerprint density at radius 1 is 0.944 bits per heavy atom. The first-order valence-corrected chi connectivity index (χ1v) is 13.2. The van der Waals surface area contributed by atoms with Gasteiger partial charge in [0.15, 0.2) is 0 Å². The highest BCUT2D eigenvalue weighted by Gasteiger charge is 2.71. The van der Waals surface area contributed by atoms with Crippen LogP contribution in [0, 0.1) is 0 Å². The lowest BCUT2D eigenvalue weighted by Gasteiger charge is -2.39. The van der Waals surface area contributed by atoms with Crippen molar-refractivity contribution < 1.29 is 39.9 Å². The Balaban J connectivity index is 1.51. The van der Waals surface area contributed by atoms with Crippen molar-refractivity contribution in [3.05, 3.63) is 58.6 Å². The molecular formula is C23H23ClF6N2O3S. The molecule has 2 saturated heterocycles. The highest BCUT2D eigenvalue weighted by molar-refractivity contribution is 7.88. The summed E-state index contributed by atoms with van der Waals surface area (Å²) in [6.45, 7) is 1.66. The van der Waals surface area contributed by atoms with Gasteiger partial charge in [-0.15, -0.1) is 0 Å². The molecule has 0 amide bonds. The van der Waals surface area contributed by atoms with Gasteiger partial charge in [0.2, 0.25) is 10.0 Å². The number of hydrogen-bond acceptors (Lipinski definition) is 4. The summed E-state index contributed by atoms with van der Waals surface area (Å²) in [7, 11) is -3.28. The number of likely N-dealkylation sites (tertiary alicyclic amines) is 1. The summed E-state index contributed by atoms with van der Waals surface area (Å²) in [4.78, 5) is 2.14. The van der Waals surface area contributed by atoms with Crippen LogP contribution in [0.2, 0.25) is 5.02 Å². The molecule has 0 aliphatic carbocycles. The van der Waals surface area contributed by atoms with Gasteiger partial charge in [0.05, 0.1) is 6.26 Å². The van der Waals surface area contributed by atoms with Crippen LogP contribution < -0.4 is 0 Å². The van der Waals surface area contributed by atoms with Crippen molar-refractivity contribution >= 4 is 21.6 Å². The largest absolute Gasteiger partial charge is 0.430 e. The fraction of sp³-hybridized carbons (Fsp3) is 0.478. The standard InChI is InChI=1S/C23H23ClF6N2O3S/c1-36(34,35)32-17-7-8-18(32)13-31(12-17)11-14-2-9-19(20(24)10-14)15-3-5-16(6-4-15)21(33,22(25,26)27)23(28,29)30/h2-6,9-10,17-18,33H,7-8,11-13H2,1H3. The Morgan fingerprint density at radius 2 is 1.47 bits per heavy atom. The van der Waals surface area contributed by atoms with Crippen molar-refractivity contribution in [1.82, 2.24) is 9.21 Å². The van der Waals surface area contributed by atoms with Crippen LogP contribution in [0.1, 0.15) is 24.0 Å². The van der Waals surface area contributed by atoms with Gasteiger partial charge in [0, 0.05) is 47.9 Å². The number of rotatable bonds is 5. The van der Waals surface area contributed by atoms with E-state index in [0.29, 0.717) is 37.3 Å². The van der Waals surface area contributed by atoms with Crippen molar-refractivity contribution in [2.24, 2.45) is 0 Å². The second kappa shape index (κ2) is 9.16. The van der Waals surface area contributed by atoms with Gasteiger partial charge >= 0.3 is 12.4 Å². The maximum Gasteiger partial charge on any atom is 0.430 e. The average molecular weight is 557 g/mol.